The molecule has 4 rings (SSSR count). The highest BCUT2D eigenvalue weighted by atomic mass is 35.5. The van der Waals surface area contributed by atoms with Crippen LogP contribution in [0.2, 0.25) is 0 Å². The van der Waals surface area contributed by atoms with E-state index in [0.29, 0.717) is 10.8 Å². The Morgan fingerprint density at radius 2 is 1.38 bits per heavy atom. The van der Waals surface area contributed by atoms with Gasteiger partial charge in [-0.25, -0.2) is 4.98 Å². The van der Waals surface area contributed by atoms with E-state index in [1.165, 1.54) is 18.4 Å². The highest BCUT2D eigenvalue weighted by Crippen LogP contribution is 2.40. The molecule has 0 atom stereocenters. The molecule has 0 radical (unpaired) electrons. The first-order valence-electron chi connectivity index (χ1n) is 9.87. The molecule has 3 aromatic carbocycles. The molecule has 0 bridgehead atoms. The summed E-state index contributed by atoms with van der Waals surface area (Å²) in [5.74, 6) is 0. The zero-order chi connectivity index (χ0) is 22.4. The molecule has 0 spiro atoms. The Bertz CT molecular complexity index is 1120. The van der Waals surface area contributed by atoms with Gasteiger partial charge in [0.2, 0.25) is 0 Å². The second kappa shape index (κ2) is 9.77. The van der Waals surface area contributed by atoms with Gasteiger partial charge in [-0.05, 0) is 28.3 Å². The molecule has 0 saturated carbocycles. The van der Waals surface area contributed by atoms with Crippen LogP contribution < -0.4 is 5.32 Å². The zero-order valence-corrected chi connectivity index (χ0v) is 18.8. The molecule has 0 unspecified atom stereocenters. The maximum atomic E-state index is 11.8. The van der Waals surface area contributed by atoms with Crippen molar-refractivity contribution in [1.82, 2.24) is 4.98 Å². The number of oxime groups is 1. The minimum absolute atomic E-state index is 0.0387. The molecule has 0 aliphatic carbocycles. The van der Waals surface area contributed by atoms with Crippen molar-refractivity contribution in [2.75, 3.05) is 12.4 Å². The number of hydrogen-bond acceptors (Lipinski definition) is 6. The highest BCUT2D eigenvalue weighted by Gasteiger charge is 2.37. The van der Waals surface area contributed by atoms with Gasteiger partial charge in [0, 0.05) is 5.38 Å². The summed E-state index contributed by atoms with van der Waals surface area (Å²) < 4.78 is 0. The van der Waals surface area contributed by atoms with E-state index in [4.69, 9.17) is 16.4 Å². The summed E-state index contributed by atoms with van der Waals surface area (Å²) in [4.78, 5) is 21.2. The summed E-state index contributed by atoms with van der Waals surface area (Å²) in [7, 11) is 1.36. The number of benzene rings is 3. The summed E-state index contributed by atoms with van der Waals surface area (Å²) in [6, 6.07) is 30.6. The van der Waals surface area contributed by atoms with Gasteiger partial charge in [0.05, 0.1) is 0 Å². The molecule has 1 aromatic heterocycles. The van der Waals surface area contributed by atoms with Crippen LogP contribution in [0.1, 0.15) is 22.4 Å². The summed E-state index contributed by atoms with van der Waals surface area (Å²) in [5, 5.41) is 8.99. The van der Waals surface area contributed by atoms with E-state index < -0.39 is 10.8 Å². The van der Waals surface area contributed by atoms with Crippen molar-refractivity contribution >= 4 is 39.0 Å². The second-order valence-corrected chi connectivity index (χ2v) is 8.11. The SMILES string of the molecule is CO/N=C(\C(=O)Cl)c1csc(NC(c2ccccc2)(c2ccccc2)c2ccccc2)n1. The van der Waals surface area contributed by atoms with Crippen LogP contribution in [0.5, 0.6) is 0 Å². The second-order valence-electron chi connectivity index (χ2n) is 6.91. The van der Waals surface area contributed by atoms with Crippen LogP contribution in [0, 0.1) is 0 Å². The number of rotatable bonds is 8. The fourth-order valence-electron chi connectivity index (χ4n) is 3.66. The summed E-state index contributed by atoms with van der Waals surface area (Å²) >= 11 is 7.04. The molecular formula is C25H20ClN3O2S. The van der Waals surface area contributed by atoms with Crippen LogP contribution >= 0.6 is 22.9 Å². The van der Waals surface area contributed by atoms with Crippen LogP contribution in [0.25, 0.3) is 0 Å². The first-order chi connectivity index (χ1) is 15.6. The Balaban J connectivity index is 1.90. The van der Waals surface area contributed by atoms with E-state index >= 15 is 0 Å². The van der Waals surface area contributed by atoms with Crippen LogP contribution in [0.4, 0.5) is 5.13 Å². The van der Waals surface area contributed by atoms with Gasteiger partial charge in [-0.2, -0.15) is 0 Å². The number of carbonyl (C=O) groups is 1. The first kappa shape index (κ1) is 21.7. The maximum absolute atomic E-state index is 11.8. The van der Waals surface area contributed by atoms with Crippen molar-refractivity contribution in [1.29, 1.82) is 0 Å². The molecule has 0 amide bonds. The Kier molecular flexibility index (Phi) is 6.63. The highest BCUT2D eigenvalue weighted by molar-refractivity contribution is 7.14. The van der Waals surface area contributed by atoms with Crippen LogP contribution in [0.15, 0.2) is 102 Å². The Labute approximate surface area is 195 Å². The minimum Gasteiger partial charge on any atom is -0.398 e. The van der Waals surface area contributed by atoms with Crippen LogP contribution in [-0.4, -0.2) is 23.0 Å². The molecule has 0 aliphatic heterocycles. The van der Waals surface area contributed by atoms with E-state index in [1.807, 2.05) is 54.6 Å². The molecule has 0 fully saturated rings. The molecule has 160 valence electrons. The molecule has 7 heteroatoms. The Morgan fingerprint density at radius 3 is 1.78 bits per heavy atom. The maximum Gasteiger partial charge on any atom is 0.276 e. The van der Waals surface area contributed by atoms with Crippen LogP contribution in [-0.2, 0) is 15.2 Å². The van der Waals surface area contributed by atoms with Crippen LogP contribution in [0.3, 0.4) is 0 Å². The summed E-state index contributed by atoms with van der Waals surface area (Å²) in [6.45, 7) is 0. The smallest absolute Gasteiger partial charge is 0.276 e. The van der Waals surface area contributed by atoms with Crippen molar-refractivity contribution in [3.63, 3.8) is 0 Å². The molecule has 0 saturated heterocycles. The van der Waals surface area contributed by atoms with Gasteiger partial charge in [-0.15, -0.1) is 11.3 Å². The molecule has 1 heterocycles. The predicted molar refractivity (Wildman–Crippen MR) is 129 cm³/mol. The lowest BCUT2D eigenvalue weighted by atomic mass is 9.77. The lowest BCUT2D eigenvalue weighted by Gasteiger charge is -2.36. The quantitative estimate of drug-likeness (QED) is 0.159. The fourth-order valence-corrected chi connectivity index (χ4v) is 4.54. The largest absolute Gasteiger partial charge is 0.398 e. The van der Waals surface area contributed by atoms with Gasteiger partial charge >= 0.3 is 0 Å². The van der Waals surface area contributed by atoms with E-state index in [0.717, 1.165) is 16.7 Å². The molecular weight excluding hydrogens is 442 g/mol. The third kappa shape index (κ3) is 4.28. The lowest BCUT2D eigenvalue weighted by Crippen LogP contribution is -2.38. The van der Waals surface area contributed by atoms with Gasteiger partial charge in [0.1, 0.15) is 18.3 Å². The molecule has 5 nitrogen and oxygen atoms in total. The van der Waals surface area contributed by atoms with Gasteiger partial charge in [-0.3, -0.25) is 4.79 Å². The molecule has 32 heavy (non-hydrogen) atoms. The molecule has 0 aliphatic rings. The number of hydrogen-bond donors (Lipinski definition) is 1. The number of nitrogens with one attached hydrogen (secondary N) is 1. The third-order valence-electron chi connectivity index (χ3n) is 5.03. The fraction of sp³-hybridized carbons (Fsp3) is 0.0800. The van der Waals surface area contributed by atoms with E-state index in [-0.39, 0.29) is 5.71 Å². The van der Waals surface area contributed by atoms with E-state index in [9.17, 15) is 4.79 Å². The van der Waals surface area contributed by atoms with Crippen molar-refractivity contribution in [3.8, 4) is 0 Å². The van der Waals surface area contributed by atoms with Gasteiger partial charge in [0.15, 0.2) is 10.8 Å². The number of halogens is 1. The minimum atomic E-state index is -0.732. The van der Waals surface area contributed by atoms with E-state index in [2.05, 4.69) is 51.9 Å². The summed E-state index contributed by atoms with van der Waals surface area (Å²) in [5.41, 5.74) is 2.74. The van der Waals surface area contributed by atoms with Gasteiger partial charge < -0.3 is 10.2 Å². The average Bonchev–Trinajstić information content (AvgIpc) is 3.30. The first-order valence-corrected chi connectivity index (χ1v) is 11.1. The Morgan fingerprint density at radius 1 is 0.906 bits per heavy atom. The molecule has 4 aromatic rings. The van der Waals surface area contributed by atoms with Crippen molar-refractivity contribution < 1.29 is 9.63 Å². The standard InChI is InChI=1S/C25H20ClN3O2S/c1-31-29-22(23(26)30)21-17-32-24(27-21)28-25(18-11-5-2-6-12-18,19-13-7-3-8-14-19)20-15-9-4-10-16-20/h2-17H,1H3,(H,27,28)/b29-22-. The van der Waals surface area contributed by atoms with Gasteiger partial charge in [-0.1, -0.05) is 96.2 Å². The van der Waals surface area contributed by atoms with Crippen molar-refractivity contribution in [3.05, 3.63) is 119 Å². The number of anilines is 1. The normalized spacial score (nSPS) is 11.8. The van der Waals surface area contributed by atoms with Crippen molar-refractivity contribution in [2.45, 2.75) is 5.54 Å². The lowest BCUT2D eigenvalue weighted by molar-refractivity contribution is -0.106. The Hall–Kier alpha value is -3.48. The van der Waals surface area contributed by atoms with Crippen molar-refractivity contribution in [2.24, 2.45) is 5.16 Å². The number of nitrogens with zero attached hydrogens (tertiary/aromatic N) is 2. The number of thiazole rings is 1. The third-order valence-corrected chi connectivity index (χ3v) is 5.97. The number of carbonyl (C=O) groups excluding carboxylic acids is 1. The zero-order valence-electron chi connectivity index (χ0n) is 17.2. The monoisotopic (exact) mass is 461 g/mol. The summed E-state index contributed by atoms with van der Waals surface area (Å²) in [6.07, 6.45) is 0. The van der Waals surface area contributed by atoms with E-state index in [1.54, 1.807) is 5.38 Å². The predicted octanol–water partition coefficient (Wildman–Crippen LogP) is 5.66. The average molecular weight is 462 g/mol. The number of aromatic nitrogens is 1. The topological polar surface area (TPSA) is 63.6 Å². The van der Waals surface area contributed by atoms with Gasteiger partial charge in [0.25, 0.3) is 5.24 Å². The molecule has 1 N–H and O–H groups in total.